The second kappa shape index (κ2) is 8.35. The zero-order valence-corrected chi connectivity index (χ0v) is 17.5. The van der Waals surface area contributed by atoms with Gasteiger partial charge in [-0.25, -0.2) is 8.42 Å². The van der Waals surface area contributed by atoms with Gasteiger partial charge < -0.3 is 5.32 Å². The van der Waals surface area contributed by atoms with E-state index in [1.54, 1.807) is 12.1 Å². The molecule has 2 atom stereocenters. The zero-order valence-electron chi connectivity index (χ0n) is 16.7. The first kappa shape index (κ1) is 20.4. The Labute approximate surface area is 167 Å². The van der Waals surface area contributed by atoms with Gasteiger partial charge in [0, 0.05) is 0 Å². The molecule has 1 aliphatic carbocycles. The summed E-state index contributed by atoms with van der Waals surface area (Å²) in [6, 6.07) is 14.5. The van der Waals surface area contributed by atoms with E-state index in [9.17, 15) is 13.2 Å². The topological polar surface area (TPSA) is 66.5 Å². The molecule has 0 radical (unpaired) electrons. The Morgan fingerprint density at radius 2 is 1.86 bits per heavy atom. The van der Waals surface area contributed by atoms with Crippen molar-refractivity contribution in [2.75, 3.05) is 10.6 Å². The highest BCUT2D eigenvalue weighted by atomic mass is 32.2. The SMILES string of the molecule is CC[C@H](C(=O)N[C@H]1CCCc2ccccc21)N(c1ccc(C)cc1)S(C)(=O)=O. The minimum absolute atomic E-state index is 0.0778. The maximum Gasteiger partial charge on any atom is 0.244 e. The van der Waals surface area contributed by atoms with E-state index in [-0.39, 0.29) is 11.9 Å². The lowest BCUT2D eigenvalue weighted by atomic mass is 9.87. The molecule has 1 aliphatic rings. The third-order valence-electron chi connectivity index (χ3n) is 5.30. The van der Waals surface area contributed by atoms with E-state index in [1.165, 1.54) is 9.87 Å². The lowest BCUT2D eigenvalue weighted by Crippen LogP contribution is -2.50. The average molecular weight is 401 g/mol. The van der Waals surface area contributed by atoms with Gasteiger partial charge in [-0.05, 0) is 55.9 Å². The van der Waals surface area contributed by atoms with Gasteiger partial charge in [-0.3, -0.25) is 9.10 Å². The molecule has 0 unspecified atom stereocenters. The number of amides is 1. The molecule has 0 bridgehead atoms. The number of hydrogen-bond donors (Lipinski definition) is 1. The van der Waals surface area contributed by atoms with Crippen LogP contribution < -0.4 is 9.62 Å². The van der Waals surface area contributed by atoms with Gasteiger partial charge in [-0.2, -0.15) is 0 Å². The molecule has 5 nitrogen and oxygen atoms in total. The van der Waals surface area contributed by atoms with Crippen molar-refractivity contribution >= 4 is 21.6 Å². The van der Waals surface area contributed by atoms with Crippen LogP contribution in [0, 0.1) is 6.92 Å². The second-order valence-electron chi connectivity index (χ2n) is 7.47. The summed E-state index contributed by atoms with van der Waals surface area (Å²) in [7, 11) is -3.62. The normalized spacial score (nSPS) is 17.5. The van der Waals surface area contributed by atoms with E-state index >= 15 is 0 Å². The molecule has 6 heteroatoms. The molecule has 2 aromatic rings. The number of aryl methyl sites for hydroxylation is 2. The Bertz CT molecular complexity index is 939. The highest BCUT2D eigenvalue weighted by molar-refractivity contribution is 7.92. The Morgan fingerprint density at radius 3 is 2.50 bits per heavy atom. The lowest BCUT2D eigenvalue weighted by Gasteiger charge is -2.33. The smallest absolute Gasteiger partial charge is 0.244 e. The van der Waals surface area contributed by atoms with Gasteiger partial charge in [0.2, 0.25) is 15.9 Å². The highest BCUT2D eigenvalue weighted by Crippen LogP contribution is 2.30. The van der Waals surface area contributed by atoms with Crippen molar-refractivity contribution in [3.63, 3.8) is 0 Å². The molecule has 1 amide bonds. The average Bonchev–Trinajstić information content (AvgIpc) is 2.66. The molecule has 0 heterocycles. The summed E-state index contributed by atoms with van der Waals surface area (Å²) in [4.78, 5) is 13.2. The van der Waals surface area contributed by atoms with Crippen LogP contribution in [0.25, 0.3) is 0 Å². The Hall–Kier alpha value is -2.34. The molecule has 0 aliphatic heterocycles. The van der Waals surface area contributed by atoms with Gasteiger partial charge in [0.15, 0.2) is 0 Å². The number of carbonyl (C=O) groups excluding carboxylic acids is 1. The Kier molecular flexibility index (Phi) is 6.08. The summed E-state index contributed by atoms with van der Waals surface area (Å²) in [6.07, 6.45) is 4.42. The number of fused-ring (bicyclic) bond motifs is 1. The molecule has 0 aromatic heterocycles. The van der Waals surface area contributed by atoms with Crippen LogP contribution in [0.2, 0.25) is 0 Å². The van der Waals surface area contributed by atoms with E-state index in [0.29, 0.717) is 12.1 Å². The molecule has 0 spiro atoms. The standard InChI is InChI=1S/C22H28N2O3S/c1-4-21(24(28(3,26)27)18-14-12-16(2)13-15-18)22(25)23-20-11-7-9-17-8-5-6-10-19(17)20/h5-6,8,10,12-15,20-21H,4,7,9,11H2,1-3H3,(H,23,25)/t20-,21+/m0/s1. The van der Waals surface area contributed by atoms with Gasteiger partial charge in [0.1, 0.15) is 6.04 Å². The zero-order chi connectivity index (χ0) is 20.3. The molecule has 0 saturated heterocycles. The molecule has 1 N–H and O–H groups in total. The van der Waals surface area contributed by atoms with Gasteiger partial charge in [0.05, 0.1) is 18.0 Å². The molecule has 0 saturated carbocycles. The van der Waals surface area contributed by atoms with Crippen LogP contribution in [-0.4, -0.2) is 26.6 Å². The number of nitrogens with zero attached hydrogens (tertiary/aromatic N) is 1. The van der Waals surface area contributed by atoms with Crippen LogP contribution in [0.5, 0.6) is 0 Å². The van der Waals surface area contributed by atoms with Crippen molar-refractivity contribution < 1.29 is 13.2 Å². The number of nitrogens with one attached hydrogen (secondary N) is 1. The molecule has 3 rings (SSSR count). The van der Waals surface area contributed by atoms with E-state index in [4.69, 9.17) is 0 Å². The number of benzene rings is 2. The predicted molar refractivity (Wildman–Crippen MR) is 113 cm³/mol. The number of sulfonamides is 1. The number of carbonyl (C=O) groups is 1. The maximum atomic E-state index is 13.2. The van der Waals surface area contributed by atoms with Crippen molar-refractivity contribution in [1.82, 2.24) is 5.32 Å². The van der Waals surface area contributed by atoms with Gasteiger partial charge in [0.25, 0.3) is 0 Å². The van der Waals surface area contributed by atoms with Crippen LogP contribution in [0.4, 0.5) is 5.69 Å². The minimum atomic E-state index is -3.62. The summed E-state index contributed by atoms with van der Waals surface area (Å²) in [6.45, 7) is 3.78. The third kappa shape index (κ3) is 4.38. The predicted octanol–water partition coefficient (Wildman–Crippen LogP) is 3.73. The largest absolute Gasteiger partial charge is 0.347 e. The summed E-state index contributed by atoms with van der Waals surface area (Å²) >= 11 is 0. The highest BCUT2D eigenvalue weighted by Gasteiger charge is 2.33. The summed E-state index contributed by atoms with van der Waals surface area (Å²) < 4.78 is 26.4. The molecule has 28 heavy (non-hydrogen) atoms. The summed E-state index contributed by atoms with van der Waals surface area (Å²) in [5.74, 6) is -0.254. The fourth-order valence-corrected chi connectivity index (χ4v) is 5.14. The van der Waals surface area contributed by atoms with Crippen molar-refractivity contribution in [1.29, 1.82) is 0 Å². The van der Waals surface area contributed by atoms with Gasteiger partial charge in [-0.15, -0.1) is 0 Å². The van der Waals surface area contributed by atoms with Crippen molar-refractivity contribution in [2.45, 2.75) is 51.6 Å². The van der Waals surface area contributed by atoms with E-state index in [0.717, 1.165) is 36.6 Å². The molecule has 150 valence electrons. The fraction of sp³-hybridized carbons (Fsp3) is 0.409. The summed E-state index contributed by atoms with van der Waals surface area (Å²) in [5, 5.41) is 3.11. The van der Waals surface area contributed by atoms with Crippen LogP contribution in [-0.2, 0) is 21.2 Å². The Morgan fingerprint density at radius 1 is 1.18 bits per heavy atom. The monoisotopic (exact) mass is 400 g/mol. The quantitative estimate of drug-likeness (QED) is 0.803. The van der Waals surface area contributed by atoms with Gasteiger partial charge in [-0.1, -0.05) is 48.9 Å². The van der Waals surface area contributed by atoms with Crippen LogP contribution >= 0.6 is 0 Å². The van der Waals surface area contributed by atoms with Crippen LogP contribution in [0.3, 0.4) is 0 Å². The second-order valence-corrected chi connectivity index (χ2v) is 9.33. The molecule has 2 aromatic carbocycles. The summed E-state index contributed by atoms with van der Waals surface area (Å²) in [5.41, 5.74) is 3.94. The Balaban J connectivity index is 1.88. The van der Waals surface area contributed by atoms with Crippen molar-refractivity contribution in [3.8, 4) is 0 Å². The fourth-order valence-electron chi connectivity index (χ4n) is 3.92. The molecular weight excluding hydrogens is 372 g/mol. The lowest BCUT2D eigenvalue weighted by molar-refractivity contribution is -0.123. The van der Waals surface area contributed by atoms with Crippen molar-refractivity contribution in [3.05, 3.63) is 65.2 Å². The first-order valence-corrected chi connectivity index (χ1v) is 11.6. The van der Waals surface area contributed by atoms with E-state index in [2.05, 4.69) is 17.4 Å². The van der Waals surface area contributed by atoms with Gasteiger partial charge >= 0.3 is 0 Å². The maximum absolute atomic E-state index is 13.2. The number of hydrogen-bond acceptors (Lipinski definition) is 3. The third-order valence-corrected chi connectivity index (χ3v) is 6.48. The minimum Gasteiger partial charge on any atom is -0.347 e. The van der Waals surface area contributed by atoms with E-state index < -0.39 is 16.1 Å². The van der Waals surface area contributed by atoms with Crippen LogP contribution in [0.1, 0.15) is 48.9 Å². The first-order valence-electron chi connectivity index (χ1n) is 9.75. The van der Waals surface area contributed by atoms with Crippen LogP contribution in [0.15, 0.2) is 48.5 Å². The number of anilines is 1. The van der Waals surface area contributed by atoms with Crippen molar-refractivity contribution in [2.24, 2.45) is 0 Å². The number of rotatable bonds is 6. The van der Waals surface area contributed by atoms with E-state index in [1.807, 2.05) is 38.1 Å². The molecule has 0 fully saturated rings. The first-order chi connectivity index (χ1) is 13.3. The molecular formula is C22H28N2O3S.